The summed E-state index contributed by atoms with van der Waals surface area (Å²) in [5.41, 5.74) is 1.67. The maximum Gasteiger partial charge on any atom is 0.338 e. The number of rotatable bonds is 7. The molecule has 2 rings (SSSR count). The Kier molecular flexibility index (Phi) is 7.33. The number of nitrogens with one attached hydrogen (secondary N) is 1. The summed E-state index contributed by atoms with van der Waals surface area (Å²) < 4.78 is 5.20. The molecular weight excluding hydrogens is 340 g/mol. The highest BCUT2D eigenvalue weighted by Crippen LogP contribution is 2.14. The van der Waals surface area contributed by atoms with Gasteiger partial charge in [0.1, 0.15) is 11.6 Å². The SMILES string of the molecule is CC(C)CCOC(=O)c1ccc(NC(=O)/C(C#N)=C/c2ccccc2)cc1. The van der Waals surface area contributed by atoms with Gasteiger partial charge in [-0.15, -0.1) is 0 Å². The van der Waals surface area contributed by atoms with E-state index in [1.165, 1.54) is 6.08 Å². The van der Waals surface area contributed by atoms with Gasteiger partial charge in [-0.25, -0.2) is 4.79 Å². The van der Waals surface area contributed by atoms with Crippen LogP contribution in [-0.2, 0) is 9.53 Å². The molecule has 1 amide bonds. The first-order valence-electron chi connectivity index (χ1n) is 8.75. The van der Waals surface area contributed by atoms with Crippen LogP contribution in [0.1, 0.15) is 36.2 Å². The van der Waals surface area contributed by atoms with Crippen LogP contribution in [0.25, 0.3) is 6.08 Å². The van der Waals surface area contributed by atoms with E-state index in [0.717, 1.165) is 12.0 Å². The lowest BCUT2D eigenvalue weighted by Crippen LogP contribution is -2.14. The second kappa shape index (κ2) is 9.93. The number of ether oxygens (including phenoxy) is 1. The smallest absolute Gasteiger partial charge is 0.338 e. The van der Waals surface area contributed by atoms with Gasteiger partial charge in [0.05, 0.1) is 12.2 Å². The van der Waals surface area contributed by atoms with Crippen LogP contribution in [0, 0.1) is 17.2 Å². The van der Waals surface area contributed by atoms with E-state index in [1.807, 2.05) is 36.4 Å². The fourth-order valence-electron chi connectivity index (χ4n) is 2.22. The molecule has 27 heavy (non-hydrogen) atoms. The van der Waals surface area contributed by atoms with E-state index < -0.39 is 11.9 Å². The van der Waals surface area contributed by atoms with E-state index in [9.17, 15) is 14.9 Å². The predicted molar refractivity (Wildman–Crippen MR) is 105 cm³/mol. The van der Waals surface area contributed by atoms with Crippen LogP contribution in [0.4, 0.5) is 5.69 Å². The summed E-state index contributed by atoms with van der Waals surface area (Å²) in [5, 5.41) is 11.9. The molecule has 0 atom stereocenters. The molecule has 0 unspecified atom stereocenters. The highest BCUT2D eigenvalue weighted by Gasteiger charge is 2.11. The molecule has 0 aliphatic carbocycles. The Morgan fingerprint density at radius 1 is 1.11 bits per heavy atom. The molecule has 0 aliphatic rings. The van der Waals surface area contributed by atoms with Crippen LogP contribution >= 0.6 is 0 Å². The van der Waals surface area contributed by atoms with Crippen molar-refractivity contribution in [3.63, 3.8) is 0 Å². The van der Waals surface area contributed by atoms with Crippen LogP contribution in [0.3, 0.4) is 0 Å². The lowest BCUT2D eigenvalue weighted by atomic mass is 10.1. The molecule has 0 bridgehead atoms. The van der Waals surface area contributed by atoms with Crippen molar-refractivity contribution in [2.24, 2.45) is 5.92 Å². The molecule has 0 saturated heterocycles. The summed E-state index contributed by atoms with van der Waals surface area (Å²) in [6, 6.07) is 17.4. The minimum atomic E-state index is -0.506. The van der Waals surface area contributed by atoms with Crippen molar-refractivity contribution in [2.45, 2.75) is 20.3 Å². The van der Waals surface area contributed by atoms with E-state index >= 15 is 0 Å². The number of carbonyl (C=O) groups is 2. The molecule has 0 aromatic heterocycles. The Balaban J connectivity index is 1.99. The van der Waals surface area contributed by atoms with Gasteiger partial charge in [-0.3, -0.25) is 4.79 Å². The van der Waals surface area contributed by atoms with Crippen LogP contribution in [0.5, 0.6) is 0 Å². The molecule has 0 spiro atoms. The summed E-state index contributed by atoms with van der Waals surface area (Å²) in [7, 11) is 0. The van der Waals surface area contributed by atoms with Crippen LogP contribution in [-0.4, -0.2) is 18.5 Å². The number of nitrogens with zero attached hydrogens (tertiary/aromatic N) is 1. The monoisotopic (exact) mass is 362 g/mol. The first-order chi connectivity index (χ1) is 13.0. The van der Waals surface area contributed by atoms with Crippen molar-refractivity contribution in [1.29, 1.82) is 5.26 Å². The van der Waals surface area contributed by atoms with Gasteiger partial charge in [-0.05, 0) is 48.2 Å². The number of nitriles is 1. The predicted octanol–water partition coefficient (Wildman–Crippen LogP) is 4.44. The Morgan fingerprint density at radius 2 is 1.78 bits per heavy atom. The second-order valence-corrected chi connectivity index (χ2v) is 6.43. The largest absolute Gasteiger partial charge is 0.462 e. The average molecular weight is 362 g/mol. The molecule has 0 heterocycles. The standard InChI is InChI=1S/C22H22N2O3/c1-16(2)12-13-27-22(26)18-8-10-20(11-9-18)24-21(25)19(15-23)14-17-6-4-3-5-7-17/h3-11,14,16H,12-13H2,1-2H3,(H,24,25)/b19-14+. The first-order valence-corrected chi connectivity index (χ1v) is 8.75. The Hall–Kier alpha value is -3.39. The third kappa shape index (κ3) is 6.44. The van der Waals surface area contributed by atoms with Gasteiger partial charge in [-0.1, -0.05) is 44.2 Å². The summed E-state index contributed by atoms with van der Waals surface area (Å²) in [6.07, 6.45) is 2.33. The van der Waals surface area contributed by atoms with Gasteiger partial charge < -0.3 is 10.1 Å². The molecule has 2 aromatic rings. The molecule has 0 aliphatic heterocycles. The molecule has 0 fully saturated rings. The summed E-state index contributed by atoms with van der Waals surface area (Å²) >= 11 is 0. The number of hydrogen-bond donors (Lipinski definition) is 1. The van der Waals surface area contributed by atoms with Crippen molar-refractivity contribution < 1.29 is 14.3 Å². The molecule has 5 nitrogen and oxygen atoms in total. The number of amides is 1. The van der Waals surface area contributed by atoms with Crippen molar-refractivity contribution >= 4 is 23.6 Å². The molecule has 1 N–H and O–H groups in total. The highest BCUT2D eigenvalue weighted by molar-refractivity contribution is 6.09. The number of anilines is 1. The number of hydrogen-bond acceptors (Lipinski definition) is 4. The van der Waals surface area contributed by atoms with Gasteiger partial charge >= 0.3 is 5.97 Å². The lowest BCUT2D eigenvalue weighted by Gasteiger charge is -2.08. The third-order valence-electron chi connectivity index (χ3n) is 3.78. The highest BCUT2D eigenvalue weighted by atomic mass is 16.5. The van der Waals surface area contributed by atoms with Gasteiger partial charge in [0.25, 0.3) is 5.91 Å². The van der Waals surface area contributed by atoms with Crippen molar-refractivity contribution in [1.82, 2.24) is 0 Å². The second-order valence-electron chi connectivity index (χ2n) is 6.43. The van der Waals surface area contributed by atoms with Crippen LogP contribution < -0.4 is 5.32 Å². The normalized spacial score (nSPS) is 11.0. The molecule has 0 saturated carbocycles. The zero-order valence-electron chi connectivity index (χ0n) is 15.4. The molecule has 2 aromatic carbocycles. The fourth-order valence-corrected chi connectivity index (χ4v) is 2.22. The van der Waals surface area contributed by atoms with E-state index in [2.05, 4.69) is 19.2 Å². The maximum absolute atomic E-state index is 12.3. The number of esters is 1. The Bertz CT molecular complexity index is 847. The van der Waals surface area contributed by atoms with Crippen molar-refractivity contribution in [3.05, 3.63) is 71.3 Å². The van der Waals surface area contributed by atoms with E-state index in [-0.39, 0.29) is 5.57 Å². The molecule has 0 radical (unpaired) electrons. The summed E-state index contributed by atoms with van der Waals surface area (Å²) in [4.78, 5) is 24.2. The Morgan fingerprint density at radius 3 is 2.37 bits per heavy atom. The zero-order valence-corrected chi connectivity index (χ0v) is 15.4. The fraction of sp³-hybridized carbons (Fsp3) is 0.227. The van der Waals surface area contributed by atoms with E-state index in [1.54, 1.807) is 24.3 Å². The van der Waals surface area contributed by atoms with Crippen LogP contribution in [0.15, 0.2) is 60.2 Å². The third-order valence-corrected chi connectivity index (χ3v) is 3.78. The van der Waals surface area contributed by atoms with Gasteiger partial charge in [0.15, 0.2) is 0 Å². The minimum Gasteiger partial charge on any atom is -0.462 e. The molecule has 138 valence electrons. The summed E-state index contributed by atoms with van der Waals surface area (Å²) in [5.74, 6) is -0.433. The molecular formula is C22H22N2O3. The Labute approximate surface area is 159 Å². The van der Waals surface area contributed by atoms with Crippen LogP contribution in [0.2, 0.25) is 0 Å². The number of benzene rings is 2. The number of carbonyl (C=O) groups excluding carboxylic acids is 2. The zero-order chi connectivity index (χ0) is 19.6. The minimum absolute atomic E-state index is 0.00151. The van der Waals surface area contributed by atoms with E-state index in [4.69, 9.17) is 4.74 Å². The van der Waals surface area contributed by atoms with Gasteiger partial charge in [0, 0.05) is 5.69 Å². The average Bonchev–Trinajstić information content (AvgIpc) is 2.67. The topological polar surface area (TPSA) is 79.2 Å². The van der Waals surface area contributed by atoms with Gasteiger partial charge in [0.2, 0.25) is 0 Å². The van der Waals surface area contributed by atoms with Gasteiger partial charge in [-0.2, -0.15) is 5.26 Å². The maximum atomic E-state index is 12.3. The van der Waals surface area contributed by atoms with Crippen molar-refractivity contribution in [3.8, 4) is 6.07 Å². The first kappa shape index (κ1) is 19.9. The summed E-state index contributed by atoms with van der Waals surface area (Å²) in [6.45, 7) is 4.50. The van der Waals surface area contributed by atoms with E-state index in [0.29, 0.717) is 23.8 Å². The lowest BCUT2D eigenvalue weighted by molar-refractivity contribution is -0.112. The van der Waals surface area contributed by atoms with Crippen molar-refractivity contribution in [2.75, 3.05) is 11.9 Å². The molecule has 5 heteroatoms. The quantitative estimate of drug-likeness (QED) is 0.449.